The molecular weight excluding hydrogens is 502 g/mol. The van der Waals surface area contributed by atoms with Gasteiger partial charge in [0.05, 0.1) is 31.7 Å². The Labute approximate surface area is 236 Å². The Balaban J connectivity index is 1.39. The number of ether oxygens (including phenoxy) is 2. The second-order valence-corrected chi connectivity index (χ2v) is 10.1. The third-order valence-corrected chi connectivity index (χ3v) is 7.12. The van der Waals surface area contributed by atoms with Crippen LogP contribution in [0, 0.1) is 5.92 Å². The van der Waals surface area contributed by atoms with Gasteiger partial charge >= 0.3 is 0 Å². The summed E-state index contributed by atoms with van der Waals surface area (Å²) in [6.07, 6.45) is 5.66. The van der Waals surface area contributed by atoms with Gasteiger partial charge in [0.2, 0.25) is 0 Å². The summed E-state index contributed by atoms with van der Waals surface area (Å²) in [5.41, 5.74) is 10.7. The second kappa shape index (κ2) is 14.4. The predicted molar refractivity (Wildman–Crippen MR) is 161 cm³/mol. The maximum Gasteiger partial charge on any atom is 0.267 e. The van der Waals surface area contributed by atoms with Gasteiger partial charge in [-0.15, -0.1) is 0 Å². The number of likely N-dealkylation sites (tertiary alicyclic amines) is 1. The van der Waals surface area contributed by atoms with Crippen LogP contribution in [0.25, 0.3) is 11.3 Å². The third-order valence-electron chi connectivity index (χ3n) is 7.12. The van der Waals surface area contributed by atoms with Gasteiger partial charge in [-0.1, -0.05) is 36.9 Å². The van der Waals surface area contributed by atoms with Crippen molar-refractivity contribution in [3.8, 4) is 11.3 Å². The molecule has 4 rings (SSSR count). The molecule has 8 heteroatoms. The van der Waals surface area contributed by atoms with Crippen LogP contribution in [-0.2, 0) is 16.0 Å². The average molecular weight is 542 g/mol. The summed E-state index contributed by atoms with van der Waals surface area (Å²) >= 11 is 0. The van der Waals surface area contributed by atoms with E-state index in [1.807, 2.05) is 55.5 Å². The van der Waals surface area contributed by atoms with E-state index in [1.54, 1.807) is 25.5 Å². The summed E-state index contributed by atoms with van der Waals surface area (Å²) in [4.78, 5) is 19.6. The van der Waals surface area contributed by atoms with Crippen molar-refractivity contribution in [2.75, 3.05) is 45.7 Å². The number of benzene rings is 2. The lowest BCUT2D eigenvalue weighted by atomic mass is 9.98. The minimum Gasteiger partial charge on any atom is -0.492 e. The van der Waals surface area contributed by atoms with Crippen molar-refractivity contribution >= 4 is 11.4 Å². The number of hydrogen-bond acceptors (Lipinski definition) is 7. The minimum atomic E-state index is -0.167. The van der Waals surface area contributed by atoms with E-state index in [-0.39, 0.29) is 5.56 Å². The van der Waals surface area contributed by atoms with Crippen LogP contribution in [0.15, 0.2) is 95.1 Å². The molecule has 1 aromatic heterocycles. The summed E-state index contributed by atoms with van der Waals surface area (Å²) in [5, 5.41) is 4.57. The quantitative estimate of drug-likeness (QED) is 0.154. The van der Waals surface area contributed by atoms with Gasteiger partial charge in [0.25, 0.3) is 5.56 Å². The van der Waals surface area contributed by atoms with Crippen molar-refractivity contribution < 1.29 is 9.47 Å². The van der Waals surface area contributed by atoms with Gasteiger partial charge in [0, 0.05) is 36.7 Å². The standard InChI is InChI=1S/C32H39N5O3/c1-4-30(40-23-25-13-15-36(16-14-25)17-18-39-3)21-34-24(2)27-8-5-7-26(19-27)22-37-32(38)12-11-31(35-37)28-9-6-10-29(33)20-28/h4-12,19-21,25H,1,13-18,22-23,33H2,2-3H3/b30-21+,34-24+. The van der Waals surface area contributed by atoms with Gasteiger partial charge in [-0.25, -0.2) is 4.68 Å². The maximum absolute atomic E-state index is 12.6. The molecule has 0 aliphatic carbocycles. The van der Waals surface area contributed by atoms with Crippen LogP contribution in [0.5, 0.6) is 0 Å². The van der Waals surface area contributed by atoms with Crippen LogP contribution in [0.3, 0.4) is 0 Å². The Morgan fingerprint density at radius 1 is 1.15 bits per heavy atom. The zero-order valence-corrected chi connectivity index (χ0v) is 23.5. The fourth-order valence-corrected chi connectivity index (χ4v) is 4.68. The van der Waals surface area contributed by atoms with E-state index in [2.05, 4.69) is 21.6 Å². The Morgan fingerprint density at radius 2 is 1.95 bits per heavy atom. The van der Waals surface area contributed by atoms with Crippen LogP contribution in [-0.4, -0.2) is 60.3 Å². The molecule has 210 valence electrons. The first-order valence-electron chi connectivity index (χ1n) is 13.7. The number of allylic oxidation sites excluding steroid dienone is 1. The van der Waals surface area contributed by atoms with E-state index < -0.39 is 0 Å². The number of nitrogens with two attached hydrogens (primary N) is 1. The van der Waals surface area contributed by atoms with Crippen molar-refractivity contribution in [2.45, 2.75) is 26.3 Å². The Kier molecular flexibility index (Phi) is 10.4. The SMILES string of the molecule is C=C/C(=C\N=C(/C)c1cccc(Cn2nc(-c3cccc(N)c3)ccc2=O)c1)OCC1CCN(CCOC)CC1. The van der Waals surface area contributed by atoms with Gasteiger partial charge in [0.1, 0.15) is 5.76 Å². The molecule has 0 unspecified atom stereocenters. The normalized spacial score (nSPS) is 15.2. The average Bonchev–Trinajstić information content (AvgIpc) is 2.98. The fraction of sp³-hybridized carbons (Fsp3) is 0.344. The van der Waals surface area contributed by atoms with Gasteiger partial charge in [-0.2, -0.15) is 5.10 Å². The number of hydrogen-bond donors (Lipinski definition) is 1. The summed E-state index contributed by atoms with van der Waals surface area (Å²) in [6, 6.07) is 18.7. The van der Waals surface area contributed by atoms with E-state index in [0.717, 1.165) is 61.5 Å². The molecule has 0 saturated carbocycles. The zero-order chi connectivity index (χ0) is 28.3. The summed E-state index contributed by atoms with van der Waals surface area (Å²) < 4.78 is 12.7. The van der Waals surface area contributed by atoms with E-state index in [4.69, 9.17) is 15.2 Å². The predicted octanol–water partition coefficient (Wildman–Crippen LogP) is 4.75. The van der Waals surface area contributed by atoms with Crippen molar-refractivity contribution in [3.63, 3.8) is 0 Å². The molecule has 40 heavy (non-hydrogen) atoms. The van der Waals surface area contributed by atoms with Crippen molar-refractivity contribution in [1.29, 1.82) is 0 Å². The van der Waals surface area contributed by atoms with Gasteiger partial charge in [-0.3, -0.25) is 9.79 Å². The highest BCUT2D eigenvalue weighted by Crippen LogP contribution is 2.20. The molecule has 2 N–H and O–H groups in total. The number of nitrogens with zero attached hydrogens (tertiary/aromatic N) is 4. The first-order valence-corrected chi connectivity index (χ1v) is 13.7. The lowest BCUT2D eigenvalue weighted by Crippen LogP contribution is -2.37. The summed E-state index contributed by atoms with van der Waals surface area (Å²) in [6.45, 7) is 10.8. The van der Waals surface area contributed by atoms with Gasteiger partial charge < -0.3 is 20.1 Å². The second-order valence-electron chi connectivity index (χ2n) is 10.1. The molecule has 2 aromatic carbocycles. The molecular formula is C32H39N5O3. The number of nitrogen functional groups attached to an aromatic ring is 1. The van der Waals surface area contributed by atoms with Crippen molar-refractivity contribution in [1.82, 2.24) is 14.7 Å². The van der Waals surface area contributed by atoms with Crippen LogP contribution < -0.4 is 11.3 Å². The highest BCUT2D eigenvalue weighted by atomic mass is 16.5. The third kappa shape index (κ3) is 8.24. The number of rotatable bonds is 12. The molecule has 1 saturated heterocycles. The molecule has 0 bridgehead atoms. The minimum absolute atomic E-state index is 0.167. The molecule has 2 heterocycles. The monoisotopic (exact) mass is 541 g/mol. The van der Waals surface area contributed by atoms with E-state index in [9.17, 15) is 4.79 Å². The van der Waals surface area contributed by atoms with Crippen molar-refractivity contribution in [2.24, 2.45) is 10.9 Å². The maximum atomic E-state index is 12.6. The molecule has 1 fully saturated rings. The number of piperidine rings is 1. The molecule has 8 nitrogen and oxygen atoms in total. The Hall–Kier alpha value is -4.01. The largest absolute Gasteiger partial charge is 0.492 e. The topological polar surface area (TPSA) is 95.0 Å². The molecule has 0 amide bonds. The van der Waals surface area contributed by atoms with Gasteiger partial charge in [-0.05, 0) is 80.2 Å². The number of anilines is 1. The molecule has 0 spiro atoms. The Morgan fingerprint density at radius 3 is 2.70 bits per heavy atom. The number of methoxy groups -OCH3 is 1. The van der Waals surface area contributed by atoms with Crippen molar-refractivity contribution in [3.05, 3.63) is 107 Å². The number of aliphatic imine (C=N–C) groups is 1. The van der Waals surface area contributed by atoms with E-state index >= 15 is 0 Å². The van der Waals surface area contributed by atoms with Crippen LogP contribution in [0.2, 0.25) is 0 Å². The lowest BCUT2D eigenvalue weighted by Gasteiger charge is -2.31. The molecule has 1 aliphatic heterocycles. The van der Waals surface area contributed by atoms with E-state index in [0.29, 0.717) is 36.2 Å². The first-order chi connectivity index (χ1) is 19.4. The highest BCUT2D eigenvalue weighted by Gasteiger charge is 2.19. The summed E-state index contributed by atoms with van der Waals surface area (Å²) in [5.74, 6) is 1.19. The molecule has 3 aromatic rings. The zero-order valence-electron chi connectivity index (χ0n) is 23.5. The molecule has 0 atom stereocenters. The van der Waals surface area contributed by atoms with Crippen LogP contribution >= 0.6 is 0 Å². The number of aromatic nitrogens is 2. The van der Waals surface area contributed by atoms with Crippen LogP contribution in [0.4, 0.5) is 5.69 Å². The first kappa shape index (κ1) is 29.0. The molecule has 1 aliphatic rings. The van der Waals surface area contributed by atoms with E-state index in [1.165, 1.54) is 10.7 Å². The lowest BCUT2D eigenvalue weighted by molar-refractivity contribution is 0.0899. The summed E-state index contributed by atoms with van der Waals surface area (Å²) in [7, 11) is 1.74. The highest BCUT2D eigenvalue weighted by molar-refractivity contribution is 5.99. The smallest absolute Gasteiger partial charge is 0.267 e. The van der Waals surface area contributed by atoms with Crippen LogP contribution in [0.1, 0.15) is 30.9 Å². The van der Waals surface area contributed by atoms with Gasteiger partial charge in [0.15, 0.2) is 0 Å². The Bertz CT molecular complexity index is 1400. The molecule has 0 radical (unpaired) electrons. The fourth-order valence-electron chi connectivity index (χ4n) is 4.68.